The SMILES string of the molecule is COc1ccc(C)c2nc(C3CC3)cc(N)c12. The fourth-order valence-corrected chi connectivity index (χ4v) is 2.25. The highest BCUT2D eigenvalue weighted by Gasteiger charge is 2.26. The second-order valence-electron chi connectivity index (χ2n) is 4.72. The minimum atomic E-state index is 0.618. The Hall–Kier alpha value is -1.77. The lowest BCUT2D eigenvalue weighted by molar-refractivity contribution is 0.420. The molecule has 0 aliphatic heterocycles. The molecule has 3 rings (SSSR count). The molecule has 1 aliphatic rings. The summed E-state index contributed by atoms with van der Waals surface area (Å²) in [5, 5.41) is 0.942. The third-order valence-electron chi connectivity index (χ3n) is 3.39. The van der Waals surface area contributed by atoms with Gasteiger partial charge in [-0.05, 0) is 37.5 Å². The summed E-state index contributed by atoms with van der Waals surface area (Å²) in [4.78, 5) is 4.75. The summed E-state index contributed by atoms with van der Waals surface area (Å²) in [7, 11) is 1.67. The van der Waals surface area contributed by atoms with Crippen LogP contribution in [-0.2, 0) is 0 Å². The third kappa shape index (κ3) is 1.62. The lowest BCUT2D eigenvalue weighted by atomic mass is 10.1. The molecule has 1 aliphatic carbocycles. The van der Waals surface area contributed by atoms with Crippen LogP contribution in [0.25, 0.3) is 10.9 Å². The first kappa shape index (κ1) is 10.4. The number of methoxy groups -OCH3 is 1. The van der Waals surface area contributed by atoms with Crippen LogP contribution in [0.1, 0.15) is 30.0 Å². The van der Waals surface area contributed by atoms with Crippen molar-refractivity contribution in [3.8, 4) is 5.75 Å². The summed E-state index contributed by atoms with van der Waals surface area (Å²) in [6.45, 7) is 2.06. The maximum Gasteiger partial charge on any atom is 0.130 e. The molecule has 1 heterocycles. The quantitative estimate of drug-likeness (QED) is 0.859. The van der Waals surface area contributed by atoms with Gasteiger partial charge in [0.15, 0.2) is 0 Å². The number of pyridine rings is 1. The van der Waals surface area contributed by atoms with Crippen molar-refractivity contribution in [3.63, 3.8) is 0 Å². The van der Waals surface area contributed by atoms with Crippen molar-refractivity contribution in [3.05, 3.63) is 29.5 Å². The molecule has 0 spiro atoms. The van der Waals surface area contributed by atoms with Gasteiger partial charge in [-0.1, -0.05) is 6.07 Å². The minimum absolute atomic E-state index is 0.618. The Labute approximate surface area is 101 Å². The molecule has 17 heavy (non-hydrogen) atoms. The fraction of sp³-hybridized carbons (Fsp3) is 0.357. The highest BCUT2D eigenvalue weighted by atomic mass is 16.5. The van der Waals surface area contributed by atoms with Crippen molar-refractivity contribution in [2.24, 2.45) is 0 Å². The van der Waals surface area contributed by atoms with Gasteiger partial charge in [-0.15, -0.1) is 0 Å². The van der Waals surface area contributed by atoms with Crippen LogP contribution in [0.3, 0.4) is 0 Å². The normalized spacial score (nSPS) is 15.2. The highest BCUT2D eigenvalue weighted by molar-refractivity contribution is 5.97. The number of benzene rings is 1. The van der Waals surface area contributed by atoms with Crippen LogP contribution in [0.15, 0.2) is 18.2 Å². The molecule has 0 amide bonds. The van der Waals surface area contributed by atoms with Gasteiger partial charge < -0.3 is 10.5 Å². The van der Waals surface area contributed by atoms with Crippen LogP contribution in [-0.4, -0.2) is 12.1 Å². The van der Waals surface area contributed by atoms with E-state index in [4.69, 9.17) is 15.5 Å². The fourth-order valence-electron chi connectivity index (χ4n) is 2.25. The summed E-state index contributed by atoms with van der Waals surface area (Å²) in [5.74, 6) is 1.42. The smallest absolute Gasteiger partial charge is 0.130 e. The molecule has 1 fully saturated rings. The molecule has 1 aromatic carbocycles. The number of nitrogens with two attached hydrogens (primary N) is 1. The first-order valence-electron chi connectivity index (χ1n) is 5.94. The van der Waals surface area contributed by atoms with Crippen LogP contribution < -0.4 is 10.5 Å². The van der Waals surface area contributed by atoms with Crippen molar-refractivity contribution in [2.75, 3.05) is 12.8 Å². The van der Waals surface area contributed by atoms with Crippen LogP contribution >= 0.6 is 0 Å². The van der Waals surface area contributed by atoms with E-state index in [1.54, 1.807) is 7.11 Å². The van der Waals surface area contributed by atoms with Gasteiger partial charge in [-0.3, -0.25) is 4.98 Å². The molecule has 0 radical (unpaired) electrons. The number of aromatic nitrogens is 1. The first-order chi connectivity index (χ1) is 8.20. The Morgan fingerprint density at radius 2 is 2.12 bits per heavy atom. The zero-order chi connectivity index (χ0) is 12.0. The molecular weight excluding hydrogens is 212 g/mol. The van der Waals surface area contributed by atoms with E-state index >= 15 is 0 Å². The zero-order valence-electron chi connectivity index (χ0n) is 10.2. The van der Waals surface area contributed by atoms with Gasteiger partial charge in [0.25, 0.3) is 0 Å². The maximum absolute atomic E-state index is 6.15. The lowest BCUT2D eigenvalue weighted by Gasteiger charge is -2.11. The summed E-state index contributed by atoms with van der Waals surface area (Å²) in [5.41, 5.74) is 10.2. The molecular formula is C14H16N2O. The van der Waals surface area contributed by atoms with Crippen molar-refractivity contribution in [2.45, 2.75) is 25.7 Å². The Bertz CT molecular complexity index is 588. The summed E-state index contributed by atoms with van der Waals surface area (Å²) in [6.07, 6.45) is 2.47. The predicted octanol–water partition coefficient (Wildman–Crippen LogP) is 3.01. The lowest BCUT2D eigenvalue weighted by Crippen LogP contribution is -1.98. The van der Waals surface area contributed by atoms with E-state index in [0.717, 1.165) is 33.6 Å². The van der Waals surface area contributed by atoms with E-state index < -0.39 is 0 Å². The largest absolute Gasteiger partial charge is 0.496 e. The Morgan fingerprint density at radius 1 is 1.35 bits per heavy atom. The van der Waals surface area contributed by atoms with Crippen molar-refractivity contribution >= 4 is 16.6 Å². The Morgan fingerprint density at radius 3 is 2.76 bits per heavy atom. The van der Waals surface area contributed by atoms with Gasteiger partial charge in [0.2, 0.25) is 0 Å². The van der Waals surface area contributed by atoms with Gasteiger partial charge in [0.1, 0.15) is 5.75 Å². The van der Waals surface area contributed by atoms with E-state index in [1.807, 2.05) is 18.2 Å². The van der Waals surface area contributed by atoms with E-state index in [0.29, 0.717) is 5.92 Å². The number of fused-ring (bicyclic) bond motifs is 1. The number of hydrogen-bond acceptors (Lipinski definition) is 3. The van der Waals surface area contributed by atoms with Crippen LogP contribution in [0.5, 0.6) is 5.75 Å². The predicted molar refractivity (Wildman–Crippen MR) is 69.4 cm³/mol. The second-order valence-corrected chi connectivity index (χ2v) is 4.72. The van der Waals surface area contributed by atoms with Gasteiger partial charge in [-0.25, -0.2) is 0 Å². The number of nitrogen functional groups attached to an aromatic ring is 1. The molecule has 3 heteroatoms. The second kappa shape index (κ2) is 3.62. The molecule has 0 atom stereocenters. The van der Waals surface area contributed by atoms with Crippen LogP contribution in [0.4, 0.5) is 5.69 Å². The standard InChI is InChI=1S/C14H16N2O/c1-8-3-6-12(17-2)13-10(15)7-11(9-4-5-9)16-14(8)13/h3,6-7,9H,4-5H2,1-2H3,(H2,15,16). The topological polar surface area (TPSA) is 48.1 Å². The molecule has 1 aromatic heterocycles. The average Bonchev–Trinajstić information content (AvgIpc) is 3.14. The zero-order valence-corrected chi connectivity index (χ0v) is 10.2. The molecule has 0 saturated heterocycles. The number of rotatable bonds is 2. The number of aryl methyl sites for hydroxylation is 1. The van der Waals surface area contributed by atoms with E-state index in [-0.39, 0.29) is 0 Å². The molecule has 3 nitrogen and oxygen atoms in total. The van der Waals surface area contributed by atoms with Crippen LogP contribution in [0.2, 0.25) is 0 Å². The third-order valence-corrected chi connectivity index (χ3v) is 3.39. The molecule has 2 N–H and O–H groups in total. The molecule has 0 bridgehead atoms. The monoisotopic (exact) mass is 228 g/mol. The van der Waals surface area contributed by atoms with Crippen LogP contribution in [0, 0.1) is 6.92 Å². The van der Waals surface area contributed by atoms with Gasteiger partial charge >= 0.3 is 0 Å². The molecule has 88 valence electrons. The number of ether oxygens (including phenoxy) is 1. The Balaban J connectivity index is 2.33. The summed E-state index contributed by atoms with van der Waals surface area (Å²) >= 11 is 0. The van der Waals surface area contributed by atoms with E-state index in [2.05, 4.69) is 6.92 Å². The number of hydrogen-bond donors (Lipinski definition) is 1. The highest BCUT2D eigenvalue weighted by Crippen LogP contribution is 2.42. The summed E-state index contributed by atoms with van der Waals surface area (Å²) in [6, 6.07) is 5.98. The molecule has 0 unspecified atom stereocenters. The number of nitrogens with zero attached hydrogens (tertiary/aromatic N) is 1. The van der Waals surface area contributed by atoms with Gasteiger partial charge in [-0.2, -0.15) is 0 Å². The maximum atomic E-state index is 6.15. The van der Waals surface area contributed by atoms with Crippen molar-refractivity contribution in [1.82, 2.24) is 4.98 Å². The summed E-state index contributed by atoms with van der Waals surface area (Å²) < 4.78 is 5.36. The Kier molecular flexibility index (Phi) is 2.21. The van der Waals surface area contributed by atoms with Crippen molar-refractivity contribution in [1.29, 1.82) is 0 Å². The minimum Gasteiger partial charge on any atom is -0.496 e. The molecule has 2 aromatic rings. The molecule has 1 saturated carbocycles. The first-order valence-corrected chi connectivity index (χ1v) is 5.94. The van der Waals surface area contributed by atoms with E-state index in [9.17, 15) is 0 Å². The van der Waals surface area contributed by atoms with E-state index in [1.165, 1.54) is 12.8 Å². The van der Waals surface area contributed by atoms with Gasteiger partial charge in [0, 0.05) is 17.3 Å². The van der Waals surface area contributed by atoms with Crippen molar-refractivity contribution < 1.29 is 4.74 Å². The average molecular weight is 228 g/mol. The van der Waals surface area contributed by atoms with Gasteiger partial charge in [0.05, 0.1) is 18.0 Å². The number of anilines is 1.